The van der Waals surface area contributed by atoms with Crippen LogP contribution >= 0.6 is 0 Å². The molecule has 0 aliphatic heterocycles. The van der Waals surface area contributed by atoms with Gasteiger partial charge in [-0.25, -0.2) is 0 Å². The van der Waals surface area contributed by atoms with Gasteiger partial charge in [0.05, 0.1) is 19.6 Å². The highest BCUT2D eigenvalue weighted by atomic mass is 16.5. The van der Waals surface area contributed by atoms with E-state index in [1.807, 2.05) is 18.2 Å². The molecule has 2 aromatic carbocycles. The summed E-state index contributed by atoms with van der Waals surface area (Å²) in [6.07, 6.45) is 0. The van der Waals surface area contributed by atoms with Crippen molar-refractivity contribution in [2.24, 2.45) is 0 Å². The molecule has 0 amide bonds. The van der Waals surface area contributed by atoms with Gasteiger partial charge in [-0.15, -0.1) is 0 Å². The summed E-state index contributed by atoms with van der Waals surface area (Å²) in [5, 5.41) is 0.748. The third kappa shape index (κ3) is 2.36. The van der Waals surface area contributed by atoms with E-state index >= 15 is 0 Å². The van der Waals surface area contributed by atoms with Crippen LogP contribution in [0.3, 0.4) is 0 Å². The number of hydrogen-bond donors (Lipinski definition) is 0. The van der Waals surface area contributed by atoms with Gasteiger partial charge in [-0.1, -0.05) is 30.3 Å². The molecule has 1 aromatic heterocycles. The normalized spacial score (nSPS) is 10.6. The number of furan rings is 1. The second-order valence-electron chi connectivity index (χ2n) is 4.55. The van der Waals surface area contributed by atoms with Crippen LogP contribution in [-0.4, -0.2) is 20.0 Å². The monoisotopic (exact) mass is 282 g/mol. The highest BCUT2D eigenvalue weighted by molar-refractivity contribution is 6.09. The van der Waals surface area contributed by atoms with Crippen LogP contribution in [0.1, 0.15) is 16.1 Å². The third-order valence-electron chi connectivity index (χ3n) is 3.29. The number of fused-ring (bicyclic) bond motifs is 1. The molecule has 106 valence electrons. The molecule has 4 nitrogen and oxygen atoms in total. The van der Waals surface area contributed by atoms with Crippen molar-refractivity contribution in [2.45, 2.75) is 0 Å². The molecule has 0 aliphatic rings. The van der Waals surface area contributed by atoms with Gasteiger partial charge in [0.15, 0.2) is 5.76 Å². The van der Waals surface area contributed by atoms with Gasteiger partial charge in [-0.05, 0) is 6.07 Å². The van der Waals surface area contributed by atoms with Crippen LogP contribution in [0.15, 0.2) is 52.9 Å². The van der Waals surface area contributed by atoms with Crippen molar-refractivity contribution >= 4 is 16.8 Å². The average molecular weight is 282 g/mol. The molecule has 3 rings (SSSR count). The summed E-state index contributed by atoms with van der Waals surface area (Å²) < 4.78 is 16.2. The van der Waals surface area contributed by atoms with Crippen molar-refractivity contribution < 1.29 is 18.7 Å². The van der Waals surface area contributed by atoms with Crippen LogP contribution in [0, 0.1) is 0 Å². The second kappa shape index (κ2) is 5.32. The minimum Gasteiger partial charge on any atom is -0.496 e. The fourth-order valence-electron chi connectivity index (χ4n) is 2.21. The van der Waals surface area contributed by atoms with Crippen molar-refractivity contribution in [3.8, 4) is 11.5 Å². The van der Waals surface area contributed by atoms with Crippen molar-refractivity contribution in [3.05, 3.63) is 59.9 Å². The first-order chi connectivity index (χ1) is 10.2. The molecule has 4 heteroatoms. The lowest BCUT2D eigenvalue weighted by molar-refractivity contribution is 0.101. The molecule has 0 radical (unpaired) electrons. The minimum atomic E-state index is -0.159. The van der Waals surface area contributed by atoms with Gasteiger partial charge >= 0.3 is 0 Å². The molecule has 0 unspecified atom stereocenters. The molecule has 0 spiro atoms. The Morgan fingerprint density at radius 2 is 1.76 bits per heavy atom. The Kier molecular flexibility index (Phi) is 3.36. The standard InChI is InChI=1S/C17H14O4/c1-19-12-8-14(20-2)13-10-16(21-15(13)9-12)17(18)11-6-4-3-5-7-11/h3-10H,1-2H3. The Morgan fingerprint density at radius 1 is 1.00 bits per heavy atom. The lowest BCUT2D eigenvalue weighted by atomic mass is 10.1. The van der Waals surface area contributed by atoms with E-state index in [1.54, 1.807) is 44.6 Å². The molecule has 0 N–H and O–H groups in total. The Morgan fingerprint density at radius 3 is 2.43 bits per heavy atom. The van der Waals surface area contributed by atoms with Crippen LogP contribution < -0.4 is 9.47 Å². The van der Waals surface area contributed by atoms with Gasteiger partial charge < -0.3 is 13.9 Å². The first kappa shape index (κ1) is 13.2. The number of ketones is 1. The van der Waals surface area contributed by atoms with Gasteiger partial charge in [0.25, 0.3) is 0 Å². The van der Waals surface area contributed by atoms with E-state index in [2.05, 4.69) is 0 Å². The van der Waals surface area contributed by atoms with E-state index in [9.17, 15) is 4.79 Å². The zero-order valence-corrected chi connectivity index (χ0v) is 11.8. The van der Waals surface area contributed by atoms with Crippen molar-refractivity contribution in [1.82, 2.24) is 0 Å². The topological polar surface area (TPSA) is 48.7 Å². The SMILES string of the molecule is COc1cc(OC)c2cc(C(=O)c3ccccc3)oc2c1. The summed E-state index contributed by atoms with van der Waals surface area (Å²) in [5.41, 5.74) is 1.15. The molecule has 0 fully saturated rings. The highest BCUT2D eigenvalue weighted by Gasteiger charge is 2.17. The van der Waals surface area contributed by atoms with E-state index in [1.165, 1.54) is 0 Å². The predicted molar refractivity (Wildman–Crippen MR) is 79.2 cm³/mol. The Bertz CT molecular complexity index is 787. The highest BCUT2D eigenvalue weighted by Crippen LogP contribution is 2.34. The van der Waals surface area contributed by atoms with Crippen LogP contribution in [-0.2, 0) is 0 Å². The van der Waals surface area contributed by atoms with Gasteiger partial charge in [-0.2, -0.15) is 0 Å². The smallest absolute Gasteiger partial charge is 0.228 e. The molecule has 21 heavy (non-hydrogen) atoms. The fraction of sp³-hybridized carbons (Fsp3) is 0.118. The van der Waals surface area contributed by atoms with Gasteiger partial charge in [0.1, 0.15) is 17.1 Å². The lowest BCUT2D eigenvalue weighted by Gasteiger charge is -2.04. The molecule has 1 heterocycles. The molecule has 0 aliphatic carbocycles. The van der Waals surface area contributed by atoms with Crippen LogP contribution in [0.25, 0.3) is 11.0 Å². The molecule has 0 saturated heterocycles. The average Bonchev–Trinajstić information content (AvgIpc) is 2.97. The summed E-state index contributed by atoms with van der Waals surface area (Å²) >= 11 is 0. The third-order valence-corrected chi connectivity index (χ3v) is 3.29. The number of carbonyl (C=O) groups is 1. The maximum Gasteiger partial charge on any atom is 0.228 e. The summed E-state index contributed by atoms with van der Waals surface area (Å²) in [7, 11) is 3.14. The number of methoxy groups -OCH3 is 2. The Balaban J connectivity index is 2.11. The fourth-order valence-corrected chi connectivity index (χ4v) is 2.21. The summed E-state index contributed by atoms with van der Waals surface area (Å²) in [6.45, 7) is 0. The summed E-state index contributed by atoms with van der Waals surface area (Å²) in [4.78, 5) is 12.4. The first-order valence-corrected chi connectivity index (χ1v) is 6.48. The quantitative estimate of drug-likeness (QED) is 0.685. The Labute approximate surface area is 121 Å². The van der Waals surface area contributed by atoms with Crippen LogP contribution in [0.2, 0.25) is 0 Å². The van der Waals surface area contributed by atoms with E-state index in [4.69, 9.17) is 13.9 Å². The number of ether oxygens (including phenoxy) is 2. The number of hydrogen-bond acceptors (Lipinski definition) is 4. The predicted octanol–water partition coefficient (Wildman–Crippen LogP) is 3.68. The molecular weight excluding hydrogens is 268 g/mol. The zero-order valence-electron chi connectivity index (χ0n) is 11.8. The molecule has 3 aromatic rings. The molecule has 0 saturated carbocycles. The van der Waals surface area contributed by atoms with Crippen molar-refractivity contribution in [2.75, 3.05) is 14.2 Å². The largest absolute Gasteiger partial charge is 0.496 e. The molecule has 0 bridgehead atoms. The van der Waals surface area contributed by atoms with E-state index in [0.717, 1.165) is 5.39 Å². The lowest BCUT2D eigenvalue weighted by Crippen LogP contribution is -1.98. The number of carbonyl (C=O) groups excluding carboxylic acids is 1. The zero-order chi connectivity index (χ0) is 14.8. The van der Waals surface area contributed by atoms with Gasteiger partial charge in [-0.3, -0.25) is 4.79 Å². The van der Waals surface area contributed by atoms with E-state index < -0.39 is 0 Å². The van der Waals surface area contributed by atoms with Crippen molar-refractivity contribution in [3.63, 3.8) is 0 Å². The number of benzene rings is 2. The maximum absolute atomic E-state index is 12.4. The van der Waals surface area contributed by atoms with E-state index in [0.29, 0.717) is 22.6 Å². The summed E-state index contributed by atoms with van der Waals surface area (Å²) in [6, 6.07) is 14.2. The second-order valence-corrected chi connectivity index (χ2v) is 4.55. The maximum atomic E-state index is 12.4. The van der Waals surface area contributed by atoms with Gasteiger partial charge in [0, 0.05) is 17.7 Å². The van der Waals surface area contributed by atoms with Crippen LogP contribution in [0.4, 0.5) is 0 Å². The first-order valence-electron chi connectivity index (χ1n) is 6.48. The summed E-state index contributed by atoms with van der Waals surface area (Å²) in [5.74, 6) is 1.35. The van der Waals surface area contributed by atoms with Crippen molar-refractivity contribution in [1.29, 1.82) is 0 Å². The van der Waals surface area contributed by atoms with Gasteiger partial charge in [0.2, 0.25) is 5.78 Å². The van der Waals surface area contributed by atoms with Crippen LogP contribution in [0.5, 0.6) is 11.5 Å². The minimum absolute atomic E-state index is 0.159. The van der Waals surface area contributed by atoms with E-state index in [-0.39, 0.29) is 11.5 Å². The number of rotatable bonds is 4. The Hall–Kier alpha value is -2.75. The molecule has 0 atom stereocenters. The molecular formula is C17H14O4.